The number of amides is 1. The molecule has 1 amide bonds. The third-order valence-corrected chi connectivity index (χ3v) is 6.59. The number of halogens is 1. The van der Waals surface area contributed by atoms with E-state index in [2.05, 4.69) is 4.90 Å². The molecule has 4 nitrogen and oxygen atoms in total. The van der Waals surface area contributed by atoms with E-state index in [-0.39, 0.29) is 5.91 Å². The quantitative estimate of drug-likeness (QED) is 0.508. The minimum atomic E-state index is 0.0634. The van der Waals surface area contributed by atoms with Crippen molar-refractivity contribution in [2.75, 3.05) is 37.8 Å². The van der Waals surface area contributed by atoms with Gasteiger partial charge in [-0.2, -0.15) is 0 Å². The maximum atomic E-state index is 13.0. The van der Waals surface area contributed by atoms with Gasteiger partial charge in [0.15, 0.2) is 5.13 Å². The summed E-state index contributed by atoms with van der Waals surface area (Å²) in [6, 6.07) is 13.8. The molecular formula is C20H22ClN3OS2. The van der Waals surface area contributed by atoms with Crippen LogP contribution in [0.1, 0.15) is 5.56 Å². The number of hydrogen-bond donors (Lipinski definition) is 0. The second-order valence-corrected chi connectivity index (χ2v) is 8.93. The van der Waals surface area contributed by atoms with Crippen LogP contribution in [0.2, 0.25) is 5.02 Å². The summed E-state index contributed by atoms with van der Waals surface area (Å²) in [5.41, 5.74) is 1.83. The molecule has 0 fully saturated rings. The van der Waals surface area contributed by atoms with Crippen molar-refractivity contribution in [3.8, 4) is 0 Å². The van der Waals surface area contributed by atoms with Crippen LogP contribution >= 0.6 is 34.7 Å². The minimum absolute atomic E-state index is 0.0634. The van der Waals surface area contributed by atoms with Crippen molar-refractivity contribution in [3.63, 3.8) is 0 Å². The number of fused-ring (bicyclic) bond motifs is 1. The standard InChI is InChI=1S/C20H22ClN3OS2/c1-14-16(21)9-10-17-19(14)22-20(27-17)24(12-11-23(2)3)18(25)13-26-15-7-5-4-6-8-15/h4-10H,11-13H2,1-3H3. The van der Waals surface area contributed by atoms with Gasteiger partial charge >= 0.3 is 0 Å². The summed E-state index contributed by atoms with van der Waals surface area (Å²) in [7, 11) is 4.01. The van der Waals surface area contributed by atoms with Gasteiger partial charge in [0.25, 0.3) is 0 Å². The van der Waals surface area contributed by atoms with E-state index in [9.17, 15) is 4.79 Å². The summed E-state index contributed by atoms with van der Waals surface area (Å²) in [5, 5.41) is 1.43. The van der Waals surface area contributed by atoms with E-state index in [0.717, 1.165) is 32.4 Å². The highest BCUT2D eigenvalue weighted by atomic mass is 35.5. The van der Waals surface area contributed by atoms with Crippen LogP contribution in [0.4, 0.5) is 5.13 Å². The van der Waals surface area contributed by atoms with E-state index in [1.54, 1.807) is 16.7 Å². The molecule has 3 aromatic rings. The lowest BCUT2D eigenvalue weighted by atomic mass is 10.2. The number of hydrogen-bond acceptors (Lipinski definition) is 5. The maximum absolute atomic E-state index is 13.0. The number of thioether (sulfide) groups is 1. The molecule has 0 saturated carbocycles. The van der Waals surface area contributed by atoms with E-state index in [1.165, 1.54) is 11.3 Å². The minimum Gasteiger partial charge on any atom is -0.308 e. The van der Waals surface area contributed by atoms with E-state index in [1.807, 2.05) is 63.5 Å². The predicted molar refractivity (Wildman–Crippen MR) is 117 cm³/mol. The molecule has 2 aromatic carbocycles. The number of carbonyl (C=O) groups excluding carboxylic acids is 1. The van der Waals surface area contributed by atoms with Crippen molar-refractivity contribution < 1.29 is 4.79 Å². The number of aromatic nitrogens is 1. The third kappa shape index (κ3) is 5.02. The number of benzene rings is 2. The monoisotopic (exact) mass is 419 g/mol. The lowest BCUT2D eigenvalue weighted by Crippen LogP contribution is -2.37. The summed E-state index contributed by atoms with van der Waals surface area (Å²) in [4.78, 5) is 22.7. The molecular weight excluding hydrogens is 398 g/mol. The summed E-state index contributed by atoms with van der Waals surface area (Å²) in [5.74, 6) is 0.445. The van der Waals surface area contributed by atoms with Gasteiger partial charge < -0.3 is 4.90 Å². The molecule has 0 spiro atoms. The number of anilines is 1. The van der Waals surface area contributed by atoms with Crippen LogP contribution in [0.5, 0.6) is 0 Å². The first-order valence-electron chi connectivity index (χ1n) is 8.64. The molecule has 0 bridgehead atoms. The molecule has 0 N–H and O–H groups in total. The number of carbonyl (C=O) groups is 1. The van der Waals surface area contributed by atoms with Gasteiger partial charge in [-0.15, -0.1) is 11.8 Å². The first-order valence-corrected chi connectivity index (χ1v) is 10.8. The number of aryl methyl sites for hydroxylation is 1. The first kappa shape index (κ1) is 20.1. The van der Waals surface area contributed by atoms with Gasteiger partial charge in [-0.25, -0.2) is 4.98 Å². The molecule has 0 radical (unpaired) electrons. The Kier molecular flexibility index (Phi) is 6.76. The lowest BCUT2D eigenvalue weighted by molar-refractivity contribution is -0.116. The first-order chi connectivity index (χ1) is 13.0. The van der Waals surface area contributed by atoms with Crippen LogP contribution in [0.3, 0.4) is 0 Å². The Hall–Kier alpha value is -1.60. The molecule has 0 aliphatic carbocycles. The summed E-state index contributed by atoms with van der Waals surface area (Å²) >= 11 is 9.32. The lowest BCUT2D eigenvalue weighted by Gasteiger charge is -2.21. The summed E-state index contributed by atoms with van der Waals surface area (Å²) in [6.07, 6.45) is 0. The second kappa shape index (κ2) is 9.06. The highest BCUT2D eigenvalue weighted by Crippen LogP contribution is 2.34. The van der Waals surface area contributed by atoms with Gasteiger partial charge in [-0.3, -0.25) is 9.69 Å². The Labute approximate surface area is 173 Å². The van der Waals surface area contributed by atoms with E-state index < -0.39 is 0 Å². The topological polar surface area (TPSA) is 36.4 Å². The zero-order chi connectivity index (χ0) is 19.4. The number of nitrogens with zero attached hydrogens (tertiary/aromatic N) is 3. The molecule has 0 aliphatic rings. The van der Waals surface area contributed by atoms with Crippen molar-refractivity contribution in [2.45, 2.75) is 11.8 Å². The highest BCUT2D eigenvalue weighted by Gasteiger charge is 2.21. The Morgan fingerprint density at radius 1 is 1.15 bits per heavy atom. The largest absolute Gasteiger partial charge is 0.308 e. The molecule has 1 heterocycles. The zero-order valence-corrected chi connectivity index (χ0v) is 18.0. The Balaban J connectivity index is 1.84. The Bertz CT molecular complexity index is 928. The predicted octanol–water partition coefficient (Wildman–Crippen LogP) is 4.95. The second-order valence-electron chi connectivity index (χ2n) is 6.47. The van der Waals surface area contributed by atoms with Gasteiger partial charge in [0, 0.05) is 23.0 Å². The van der Waals surface area contributed by atoms with Crippen molar-refractivity contribution in [1.82, 2.24) is 9.88 Å². The highest BCUT2D eigenvalue weighted by molar-refractivity contribution is 8.00. The van der Waals surface area contributed by atoms with Gasteiger partial charge in [0.2, 0.25) is 5.91 Å². The molecule has 27 heavy (non-hydrogen) atoms. The van der Waals surface area contributed by atoms with Gasteiger partial charge in [0.05, 0.1) is 16.0 Å². The number of likely N-dealkylation sites (N-methyl/N-ethyl adjacent to an activating group) is 1. The maximum Gasteiger partial charge on any atom is 0.239 e. The van der Waals surface area contributed by atoms with Crippen molar-refractivity contribution in [1.29, 1.82) is 0 Å². The van der Waals surface area contributed by atoms with Crippen molar-refractivity contribution in [3.05, 3.63) is 53.1 Å². The van der Waals surface area contributed by atoms with Crippen LogP contribution in [0, 0.1) is 6.92 Å². The normalized spacial score (nSPS) is 11.3. The van der Waals surface area contributed by atoms with Gasteiger partial charge in [0.1, 0.15) is 0 Å². The molecule has 0 unspecified atom stereocenters. The average molecular weight is 420 g/mol. The fourth-order valence-electron chi connectivity index (χ4n) is 2.57. The van der Waals surface area contributed by atoms with Crippen LogP contribution in [-0.4, -0.2) is 48.7 Å². The smallest absolute Gasteiger partial charge is 0.239 e. The average Bonchev–Trinajstić information content (AvgIpc) is 3.08. The zero-order valence-electron chi connectivity index (χ0n) is 15.6. The molecule has 1 aromatic heterocycles. The Morgan fingerprint density at radius 2 is 1.89 bits per heavy atom. The fourth-order valence-corrected chi connectivity index (χ4v) is 4.59. The molecule has 142 valence electrons. The summed E-state index contributed by atoms with van der Waals surface area (Å²) < 4.78 is 1.05. The molecule has 7 heteroatoms. The van der Waals surface area contributed by atoms with Crippen molar-refractivity contribution in [2.24, 2.45) is 0 Å². The molecule has 0 saturated heterocycles. The fraction of sp³-hybridized carbons (Fsp3) is 0.300. The molecule has 3 rings (SSSR count). The Morgan fingerprint density at radius 3 is 2.59 bits per heavy atom. The molecule has 0 aliphatic heterocycles. The summed E-state index contributed by atoms with van der Waals surface area (Å²) in [6.45, 7) is 3.34. The number of rotatable bonds is 7. The van der Waals surface area contributed by atoms with Gasteiger partial charge in [-0.05, 0) is 50.8 Å². The van der Waals surface area contributed by atoms with E-state index in [0.29, 0.717) is 17.3 Å². The van der Waals surface area contributed by atoms with Gasteiger partial charge in [-0.1, -0.05) is 41.1 Å². The van der Waals surface area contributed by atoms with Crippen LogP contribution < -0.4 is 4.90 Å². The van der Waals surface area contributed by atoms with E-state index >= 15 is 0 Å². The number of thiazole rings is 1. The van der Waals surface area contributed by atoms with E-state index in [4.69, 9.17) is 16.6 Å². The van der Waals surface area contributed by atoms with Crippen LogP contribution in [-0.2, 0) is 4.79 Å². The van der Waals surface area contributed by atoms with Crippen molar-refractivity contribution >= 4 is 56.0 Å². The molecule has 0 atom stereocenters. The SMILES string of the molecule is Cc1c(Cl)ccc2sc(N(CCN(C)C)C(=O)CSc3ccccc3)nc12. The van der Waals surface area contributed by atoms with Crippen LogP contribution in [0.15, 0.2) is 47.4 Å². The van der Waals surface area contributed by atoms with Crippen LogP contribution in [0.25, 0.3) is 10.2 Å². The third-order valence-electron chi connectivity index (χ3n) is 4.14.